The van der Waals surface area contributed by atoms with Crippen molar-refractivity contribution in [3.05, 3.63) is 53.6 Å². The summed E-state index contributed by atoms with van der Waals surface area (Å²) in [5.41, 5.74) is 0.932. The molecule has 9 heteroatoms. The number of anilines is 1. The highest BCUT2D eigenvalue weighted by molar-refractivity contribution is 7.91. The fourth-order valence-electron chi connectivity index (χ4n) is 3.65. The molecule has 1 aliphatic rings. The summed E-state index contributed by atoms with van der Waals surface area (Å²) >= 11 is 0. The molecule has 1 N–H and O–H groups in total. The van der Waals surface area contributed by atoms with Gasteiger partial charge in [0.2, 0.25) is 10.0 Å². The summed E-state index contributed by atoms with van der Waals surface area (Å²) in [6.07, 6.45) is 3.68. The fourth-order valence-corrected chi connectivity index (χ4v) is 6.22. The van der Waals surface area contributed by atoms with E-state index in [4.69, 9.17) is 0 Å². The molecule has 2 aromatic rings. The van der Waals surface area contributed by atoms with Gasteiger partial charge in [-0.2, -0.15) is 4.31 Å². The van der Waals surface area contributed by atoms with Crippen LogP contribution >= 0.6 is 0 Å². The lowest BCUT2D eigenvalue weighted by Gasteiger charge is -2.32. The van der Waals surface area contributed by atoms with Gasteiger partial charge in [0.15, 0.2) is 9.84 Å². The summed E-state index contributed by atoms with van der Waals surface area (Å²) in [6.45, 7) is 4.05. The van der Waals surface area contributed by atoms with Crippen molar-refractivity contribution in [1.82, 2.24) is 4.31 Å². The van der Waals surface area contributed by atoms with Gasteiger partial charge in [0, 0.05) is 24.4 Å². The number of nitrogens with zero attached hydrogens (tertiary/aromatic N) is 1. The Labute approximate surface area is 178 Å². The molecule has 0 spiro atoms. The maximum Gasteiger partial charge on any atom is 0.256 e. The van der Waals surface area contributed by atoms with Gasteiger partial charge >= 0.3 is 0 Å². The monoisotopic (exact) mass is 450 g/mol. The molecular weight excluding hydrogens is 424 g/mol. The highest BCUT2D eigenvalue weighted by Crippen LogP contribution is 2.27. The van der Waals surface area contributed by atoms with E-state index in [0.29, 0.717) is 12.1 Å². The van der Waals surface area contributed by atoms with E-state index in [1.807, 2.05) is 6.92 Å². The quantitative estimate of drug-likeness (QED) is 0.754. The second-order valence-electron chi connectivity index (χ2n) is 7.66. The number of benzene rings is 2. The van der Waals surface area contributed by atoms with E-state index < -0.39 is 25.8 Å². The van der Waals surface area contributed by atoms with Crippen molar-refractivity contribution in [3.8, 4) is 0 Å². The van der Waals surface area contributed by atoms with Crippen LogP contribution in [0.4, 0.5) is 5.69 Å². The van der Waals surface area contributed by atoms with Crippen LogP contribution in [-0.2, 0) is 19.9 Å². The summed E-state index contributed by atoms with van der Waals surface area (Å²) in [7, 11) is -7.27. The number of hydrogen-bond acceptors (Lipinski definition) is 5. The standard InChI is InChI=1S/C21H26N2O5S2/c1-15-11-12-17(30(27,28)23-13-7-6-8-16(23)2)14-18(15)21(24)22-19-9-4-5-10-20(19)29(3,25)26/h4-5,9-12,14,16H,6-8,13H2,1-3H3,(H,22,24). The molecule has 30 heavy (non-hydrogen) atoms. The van der Waals surface area contributed by atoms with Crippen molar-refractivity contribution < 1.29 is 21.6 Å². The fraction of sp³-hybridized carbons (Fsp3) is 0.381. The predicted octanol–water partition coefficient (Wildman–Crippen LogP) is 3.21. The lowest BCUT2D eigenvalue weighted by molar-refractivity contribution is 0.102. The highest BCUT2D eigenvalue weighted by Gasteiger charge is 2.31. The van der Waals surface area contributed by atoms with Crippen molar-refractivity contribution in [2.24, 2.45) is 0 Å². The smallest absolute Gasteiger partial charge is 0.256 e. The van der Waals surface area contributed by atoms with Crippen molar-refractivity contribution in [1.29, 1.82) is 0 Å². The molecule has 7 nitrogen and oxygen atoms in total. The van der Waals surface area contributed by atoms with E-state index in [9.17, 15) is 21.6 Å². The van der Waals surface area contributed by atoms with Gasteiger partial charge in [-0.15, -0.1) is 0 Å². The minimum Gasteiger partial charge on any atom is -0.321 e. The maximum absolute atomic E-state index is 13.1. The molecule has 3 rings (SSSR count). The van der Waals surface area contributed by atoms with Gasteiger partial charge in [0.1, 0.15) is 0 Å². The van der Waals surface area contributed by atoms with Crippen LogP contribution in [0, 0.1) is 6.92 Å². The van der Waals surface area contributed by atoms with Gasteiger partial charge in [0.25, 0.3) is 5.91 Å². The van der Waals surface area contributed by atoms with E-state index in [-0.39, 0.29) is 27.1 Å². The number of nitrogens with one attached hydrogen (secondary N) is 1. The first-order valence-electron chi connectivity index (χ1n) is 9.75. The zero-order chi connectivity index (χ0) is 22.1. The molecule has 2 aromatic carbocycles. The van der Waals surface area contributed by atoms with Crippen molar-refractivity contribution in [2.45, 2.75) is 48.9 Å². The zero-order valence-electron chi connectivity index (χ0n) is 17.3. The van der Waals surface area contributed by atoms with Gasteiger partial charge < -0.3 is 5.32 Å². The Morgan fingerprint density at radius 2 is 1.77 bits per heavy atom. The maximum atomic E-state index is 13.1. The SMILES string of the molecule is Cc1ccc(S(=O)(=O)N2CCCCC2C)cc1C(=O)Nc1ccccc1S(C)(=O)=O. The molecule has 0 aromatic heterocycles. The molecule has 162 valence electrons. The number of hydrogen-bond donors (Lipinski definition) is 1. The third-order valence-electron chi connectivity index (χ3n) is 5.34. The van der Waals surface area contributed by atoms with Crippen LogP contribution in [0.2, 0.25) is 0 Å². The van der Waals surface area contributed by atoms with Crippen molar-refractivity contribution in [2.75, 3.05) is 18.1 Å². The number of sulfonamides is 1. The van der Waals surface area contributed by atoms with Gasteiger partial charge in [-0.1, -0.05) is 24.6 Å². The third-order valence-corrected chi connectivity index (χ3v) is 8.50. The average molecular weight is 451 g/mol. The molecule has 0 radical (unpaired) electrons. The lowest BCUT2D eigenvalue weighted by Crippen LogP contribution is -2.42. The Bertz CT molecular complexity index is 1170. The van der Waals surface area contributed by atoms with Gasteiger partial charge in [-0.05, 0) is 56.5 Å². The van der Waals surface area contributed by atoms with E-state index in [0.717, 1.165) is 25.5 Å². The molecule has 1 saturated heterocycles. The molecule has 1 heterocycles. The minimum atomic E-state index is -3.73. The van der Waals surface area contributed by atoms with Crippen LogP contribution in [0.25, 0.3) is 0 Å². The van der Waals surface area contributed by atoms with Crippen molar-refractivity contribution >= 4 is 31.5 Å². The van der Waals surface area contributed by atoms with E-state index in [1.165, 1.54) is 28.6 Å². The third kappa shape index (κ3) is 4.58. The number of carbonyl (C=O) groups is 1. The zero-order valence-corrected chi connectivity index (χ0v) is 18.9. The Morgan fingerprint density at radius 1 is 1.07 bits per heavy atom. The van der Waals surface area contributed by atoms with Gasteiger partial charge in [-0.25, -0.2) is 16.8 Å². The number of amides is 1. The highest BCUT2D eigenvalue weighted by atomic mass is 32.2. The first kappa shape index (κ1) is 22.5. The summed E-state index contributed by atoms with van der Waals surface area (Å²) in [4.78, 5) is 13.0. The Morgan fingerprint density at radius 3 is 2.43 bits per heavy atom. The van der Waals surface area contributed by atoms with Crippen molar-refractivity contribution in [3.63, 3.8) is 0 Å². The summed E-state index contributed by atoms with van der Waals surface area (Å²) in [5, 5.41) is 2.61. The molecule has 1 fully saturated rings. The largest absolute Gasteiger partial charge is 0.321 e. The van der Waals surface area contributed by atoms with Crippen LogP contribution in [0.15, 0.2) is 52.3 Å². The second kappa shape index (κ2) is 8.49. The summed E-state index contributed by atoms with van der Waals surface area (Å²) in [5.74, 6) is -0.563. The Hall–Kier alpha value is -2.23. The van der Waals surface area contributed by atoms with Crippen LogP contribution in [0.1, 0.15) is 42.1 Å². The Balaban J connectivity index is 1.96. The van der Waals surface area contributed by atoms with Crippen LogP contribution in [-0.4, -0.2) is 45.9 Å². The molecular formula is C21H26N2O5S2. The summed E-state index contributed by atoms with van der Waals surface area (Å²) in [6, 6.07) is 10.5. The second-order valence-corrected chi connectivity index (χ2v) is 11.5. The van der Waals surface area contributed by atoms with Gasteiger partial charge in [-0.3, -0.25) is 4.79 Å². The topological polar surface area (TPSA) is 101 Å². The van der Waals surface area contributed by atoms with E-state index in [1.54, 1.807) is 25.1 Å². The number of sulfone groups is 1. The molecule has 0 bridgehead atoms. The predicted molar refractivity (Wildman–Crippen MR) is 116 cm³/mol. The molecule has 1 amide bonds. The molecule has 0 saturated carbocycles. The number of para-hydroxylation sites is 1. The number of rotatable bonds is 5. The number of carbonyl (C=O) groups excluding carboxylic acids is 1. The molecule has 1 unspecified atom stereocenters. The summed E-state index contributed by atoms with van der Waals surface area (Å²) < 4.78 is 51.8. The van der Waals surface area contributed by atoms with Crippen LogP contribution in [0.3, 0.4) is 0 Å². The van der Waals surface area contributed by atoms with Gasteiger partial charge in [0.05, 0.1) is 15.5 Å². The lowest BCUT2D eigenvalue weighted by atomic mass is 10.1. The van der Waals surface area contributed by atoms with Crippen LogP contribution < -0.4 is 5.32 Å². The minimum absolute atomic E-state index is 0.00178. The first-order valence-corrected chi connectivity index (χ1v) is 13.1. The number of piperidine rings is 1. The van der Waals surface area contributed by atoms with E-state index >= 15 is 0 Å². The molecule has 1 aliphatic heterocycles. The number of aryl methyl sites for hydroxylation is 1. The van der Waals surface area contributed by atoms with Crippen LogP contribution in [0.5, 0.6) is 0 Å². The normalized spacial score (nSPS) is 18.2. The average Bonchev–Trinajstić information content (AvgIpc) is 2.68. The molecule has 1 atom stereocenters. The van der Waals surface area contributed by atoms with E-state index in [2.05, 4.69) is 5.32 Å². The Kier molecular flexibility index (Phi) is 6.35. The first-order chi connectivity index (χ1) is 14.0. The molecule has 0 aliphatic carbocycles.